The van der Waals surface area contributed by atoms with Gasteiger partial charge in [0.15, 0.2) is 0 Å². The minimum absolute atomic E-state index is 0.00851. The van der Waals surface area contributed by atoms with Crippen molar-refractivity contribution in [1.29, 1.82) is 0 Å². The molecule has 0 spiro atoms. The van der Waals surface area contributed by atoms with Crippen LogP contribution in [0.3, 0.4) is 0 Å². The lowest BCUT2D eigenvalue weighted by atomic mass is 9.82. The van der Waals surface area contributed by atoms with Crippen molar-refractivity contribution >= 4 is 17.5 Å². The standard InChI is InChI=1S/C16H22ClNO3/c1-21-14-6-5-13(17)9-12(14)10-15(20)18-16(11-19)7-3-2-4-8-16/h5-6,9,19H,2-4,7-8,10-11H2,1H3,(H,18,20). The van der Waals surface area contributed by atoms with E-state index in [1.807, 2.05) is 0 Å². The van der Waals surface area contributed by atoms with Crippen LogP contribution in [-0.4, -0.2) is 30.3 Å². The number of ether oxygens (including phenoxy) is 1. The van der Waals surface area contributed by atoms with Gasteiger partial charge in [0.1, 0.15) is 5.75 Å². The molecule has 0 aromatic heterocycles. The number of rotatable bonds is 5. The summed E-state index contributed by atoms with van der Waals surface area (Å²) in [4.78, 5) is 12.3. The third kappa shape index (κ3) is 4.11. The minimum atomic E-state index is -0.457. The molecule has 21 heavy (non-hydrogen) atoms. The highest BCUT2D eigenvalue weighted by atomic mass is 35.5. The normalized spacial score (nSPS) is 17.3. The van der Waals surface area contributed by atoms with Gasteiger partial charge in [-0.3, -0.25) is 4.79 Å². The van der Waals surface area contributed by atoms with Crippen LogP contribution in [0.5, 0.6) is 5.75 Å². The second-order valence-corrected chi connectivity index (χ2v) is 6.12. The van der Waals surface area contributed by atoms with Crippen molar-refractivity contribution in [2.45, 2.75) is 44.1 Å². The smallest absolute Gasteiger partial charge is 0.225 e. The second kappa shape index (κ2) is 7.14. The van der Waals surface area contributed by atoms with Crippen LogP contribution in [0, 0.1) is 0 Å². The van der Waals surface area contributed by atoms with Crippen molar-refractivity contribution in [1.82, 2.24) is 5.32 Å². The van der Waals surface area contributed by atoms with Crippen LogP contribution in [0.25, 0.3) is 0 Å². The van der Waals surface area contributed by atoms with E-state index in [0.717, 1.165) is 31.2 Å². The van der Waals surface area contributed by atoms with E-state index in [1.54, 1.807) is 25.3 Å². The first-order valence-electron chi connectivity index (χ1n) is 7.33. The molecule has 0 heterocycles. The van der Waals surface area contributed by atoms with Crippen molar-refractivity contribution in [2.75, 3.05) is 13.7 Å². The number of aliphatic hydroxyl groups is 1. The monoisotopic (exact) mass is 311 g/mol. The lowest BCUT2D eigenvalue weighted by molar-refractivity contribution is -0.123. The number of benzene rings is 1. The van der Waals surface area contributed by atoms with E-state index in [9.17, 15) is 9.90 Å². The Morgan fingerprint density at radius 2 is 2.10 bits per heavy atom. The summed E-state index contributed by atoms with van der Waals surface area (Å²) in [7, 11) is 1.57. The van der Waals surface area contributed by atoms with E-state index in [1.165, 1.54) is 6.42 Å². The molecule has 0 radical (unpaired) electrons. The second-order valence-electron chi connectivity index (χ2n) is 5.68. The van der Waals surface area contributed by atoms with Gasteiger partial charge in [0.2, 0.25) is 5.91 Å². The molecule has 4 nitrogen and oxygen atoms in total. The Kier molecular flexibility index (Phi) is 5.48. The first-order valence-corrected chi connectivity index (χ1v) is 7.71. The average molecular weight is 312 g/mol. The van der Waals surface area contributed by atoms with E-state index >= 15 is 0 Å². The van der Waals surface area contributed by atoms with Gasteiger partial charge in [0.05, 0.1) is 25.7 Å². The molecule has 1 saturated carbocycles. The highest BCUT2D eigenvalue weighted by molar-refractivity contribution is 6.30. The molecule has 1 aromatic rings. The number of nitrogens with one attached hydrogen (secondary N) is 1. The Bertz CT molecular complexity index is 498. The summed E-state index contributed by atoms with van der Waals surface area (Å²) in [6.45, 7) is -0.00851. The summed E-state index contributed by atoms with van der Waals surface area (Å²) >= 11 is 5.98. The highest BCUT2D eigenvalue weighted by Gasteiger charge is 2.32. The molecule has 1 amide bonds. The first-order chi connectivity index (χ1) is 10.1. The van der Waals surface area contributed by atoms with Gasteiger partial charge in [0, 0.05) is 10.6 Å². The largest absolute Gasteiger partial charge is 0.496 e. The van der Waals surface area contributed by atoms with E-state index in [0.29, 0.717) is 10.8 Å². The van der Waals surface area contributed by atoms with E-state index < -0.39 is 5.54 Å². The average Bonchev–Trinajstić information content (AvgIpc) is 2.48. The van der Waals surface area contributed by atoms with Crippen LogP contribution in [0.2, 0.25) is 5.02 Å². The predicted octanol–water partition coefficient (Wildman–Crippen LogP) is 2.70. The zero-order chi connectivity index (χ0) is 15.3. The minimum Gasteiger partial charge on any atom is -0.496 e. The number of aliphatic hydroxyl groups excluding tert-OH is 1. The van der Waals surface area contributed by atoms with Crippen LogP contribution in [-0.2, 0) is 11.2 Å². The molecule has 0 saturated heterocycles. The van der Waals surface area contributed by atoms with Crippen molar-refractivity contribution < 1.29 is 14.6 Å². The third-order valence-electron chi connectivity index (χ3n) is 4.11. The number of carbonyl (C=O) groups excluding carboxylic acids is 1. The molecule has 1 fully saturated rings. The molecule has 1 aliphatic rings. The summed E-state index contributed by atoms with van der Waals surface area (Å²) in [6, 6.07) is 5.23. The van der Waals surface area contributed by atoms with Crippen LogP contribution >= 0.6 is 11.6 Å². The quantitative estimate of drug-likeness (QED) is 0.879. The molecule has 0 aliphatic heterocycles. The molecule has 116 valence electrons. The maximum absolute atomic E-state index is 12.3. The van der Waals surface area contributed by atoms with Crippen molar-refractivity contribution in [3.05, 3.63) is 28.8 Å². The molecule has 2 N–H and O–H groups in total. The van der Waals surface area contributed by atoms with Crippen molar-refractivity contribution in [3.63, 3.8) is 0 Å². The van der Waals surface area contributed by atoms with Crippen molar-refractivity contribution in [3.8, 4) is 5.75 Å². The van der Waals surface area contributed by atoms with Crippen LogP contribution in [0.4, 0.5) is 0 Å². The fraction of sp³-hybridized carbons (Fsp3) is 0.562. The first kappa shape index (κ1) is 16.1. The molecule has 5 heteroatoms. The number of carbonyl (C=O) groups is 1. The topological polar surface area (TPSA) is 58.6 Å². The van der Waals surface area contributed by atoms with Crippen LogP contribution in [0.15, 0.2) is 18.2 Å². The molecule has 0 atom stereocenters. The summed E-state index contributed by atoms with van der Waals surface area (Å²) < 4.78 is 5.25. The van der Waals surface area contributed by atoms with Gasteiger partial charge in [-0.2, -0.15) is 0 Å². The number of hydrogen-bond donors (Lipinski definition) is 2. The highest BCUT2D eigenvalue weighted by Crippen LogP contribution is 2.28. The van der Waals surface area contributed by atoms with Gasteiger partial charge in [-0.05, 0) is 31.0 Å². The molecule has 2 rings (SSSR count). The van der Waals surface area contributed by atoms with Gasteiger partial charge in [-0.15, -0.1) is 0 Å². The Morgan fingerprint density at radius 3 is 2.71 bits per heavy atom. The van der Waals surface area contributed by atoms with Crippen LogP contribution in [0.1, 0.15) is 37.7 Å². The maximum atomic E-state index is 12.3. The molecular weight excluding hydrogens is 290 g/mol. The number of hydrogen-bond acceptors (Lipinski definition) is 3. The van der Waals surface area contributed by atoms with Gasteiger partial charge in [-0.25, -0.2) is 0 Å². The number of halogens is 1. The third-order valence-corrected chi connectivity index (χ3v) is 4.35. The molecule has 1 aliphatic carbocycles. The number of amides is 1. The van der Waals surface area contributed by atoms with E-state index in [4.69, 9.17) is 16.3 Å². The van der Waals surface area contributed by atoms with Gasteiger partial charge in [0.25, 0.3) is 0 Å². The van der Waals surface area contributed by atoms with Gasteiger partial charge >= 0.3 is 0 Å². The fourth-order valence-electron chi connectivity index (χ4n) is 2.95. The summed E-state index contributed by atoms with van der Waals surface area (Å²) in [5.41, 5.74) is 0.299. The Morgan fingerprint density at radius 1 is 1.38 bits per heavy atom. The van der Waals surface area contributed by atoms with Crippen LogP contribution < -0.4 is 10.1 Å². The fourth-order valence-corrected chi connectivity index (χ4v) is 3.14. The molecule has 1 aromatic carbocycles. The van der Waals surface area contributed by atoms with Gasteiger partial charge < -0.3 is 15.2 Å². The number of methoxy groups -OCH3 is 1. The lowest BCUT2D eigenvalue weighted by Crippen LogP contribution is -2.52. The van der Waals surface area contributed by atoms with Crippen molar-refractivity contribution in [2.24, 2.45) is 0 Å². The van der Waals surface area contributed by atoms with E-state index in [2.05, 4.69) is 5.32 Å². The van der Waals surface area contributed by atoms with Gasteiger partial charge in [-0.1, -0.05) is 30.9 Å². The molecular formula is C16H22ClNO3. The zero-order valence-corrected chi connectivity index (χ0v) is 13.1. The van der Waals surface area contributed by atoms with E-state index in [-0.39, 0.29) is 18.9 Å². The Hall–Kier alpha value is -1.26. The summed E-state index contributed by atoms with van der Waals surface area (Å²) in [5, 5.41) is 13.2. The lowest BCUT2D eigenvalue weighted by Gasteiger charge is -2.36. The maximum Gasteiger partial charge on any atom is 0.225 e. The molecule has 0 bridgehead atoms. The Labute approximate surface area is 130 Å². The summed E-state index contributed by atoms with van der Waals surface area (Å²) in [6.07, 6.45) is 5.12. The predicted molar refractivity (Wildman–Crippen MR) is 82.8 cm³/mol. The summed E-state index contributed by atoms with van der Waals surface area (Å²) in [5.74, 6) is 0.544. The Balaban J connectivity index is 2.05. The SMILES string of the molecule is COc1ccc(Cl)cc1CC(=O)NC1(CO)CCCCC1. The molecule has 0 unspecified atom stereocenters. The zero-order valence-electron chi connectivity index (χ0n) is 12.3.